The van der Waals surface area contributed by atoms with Gasteiger partial charge in [-0.3, -0.25) is 0 Å². The quantitative estimate of drug-likeness (QED) is 0.622. The molecule has 0 spiro atoms. The summed E-state index contributed by atoms with van der Waals surface area (Å²) in [5.41, 5.74) is 4.22. The monoisotopic (exact) mass is 427 g/mol. The van der Waals surface area contributed by atoms with Crippen LogP contribution in [0, 0.1) is 6.92 Å². The molecule has 0 unspecified atom stereocenters. The van der Waals surface area contributed by atoms with Gasteiger partial charge < -0.3 is 15.1 Å². The maximum absolute atomic E-state index is 12.8. The molecule has 0 bridgehead atoms. The molecule has 8 heteroatoms. The van der Waals surface area contributed by atoms with Crippen molar-refractivity contribution in [2.75, 3.05) is 35.8 Å². The van der Waals surface area contributed by atoms with E-state index in [1.165, 1.54) is 23.5 Å². The van der Waals surface area contributed by atoms with Crippen molar-refractivity contribution in [3.63, 3.8) is 0 Å². The predicted molar refractivity (Wildman–Crippen MR) is 117 cm³/mol. The van der Waals surface area contributed by atoms with Crippen molar-refractivity contribution in [2.24, 2.45) is 0 Å². The van der Waals surface area contributed by atoms with Gasteiger partial charge in [-0.2, -0.15) is 13.2 Å². The van der Waals surface area contributed by atoms with Crippen molar-refractivity contribution < 1.29 is 13.2 Å². The van der Waals surface area contributed by atoms with Crippen molar-refractivity contribution in [1.29, 1.82) is 0 Å². The standard InChI is InChI=1S/C23H24F3N5/c1-15-6-4-5-7-19(15)31-11-10-18-16(14-31)12-21(30(2)3)29-22(18)28-17-8-9-20(27-13-17)23(24,25)26/h4-9,12-13H,10-11,14H2,1-3H3,(H,28,29). The molecule has 0 atom stereocenters. The number of para-hydroxylation sites is 1. The molecular weight excluding hydrogens is 403 g/mol. The third kappa shape index (κ3) is 4.42. The second-order valence-electron chi connectivity index (χ2n) is 7.87. The Bertz CT molecular complexity index is 1080. The summed E-state index contributed by atoms with van der Waals surface area (Å²) in [4.78, 5) is 12.5. The average Bonchev–Trinajstić information content (AvgIpc) is 2.73. The van der Waals surface area contributed by atoms with Crippen LogP contribution in [0.3, 0.4) is 0 Å². The molecule has 0 radical (unpaired) electrons. The Morgan fingerprint density at radius 3 is 2.52 bits per heavy atom. The maximum Gasteiger partial charge on any atom is 0.433 e. The van der Waals surface area contributed by atoms with Crippen LogP contribution in [0.5, 0.6) is 0 Å². The van der Waals surface area contributed by atoms with Crippen LogP contribution in [0.4, 0.5) is 36.2 Å². The summed E-state index contributed by atoms with van der Waals surface area (Å²) in [6, 6.07) is 12.7. The van der Waals surface area contributed by atoms with E-state index in [-0.39, 0.29) is 0 Å². The van der Waals surface area contributed by atoms with E-state index in [1.807, 2.05) is 31.1 Å². The highest BCUT2D eigenvalue weighted by Gasteiger charge is 2.32. The van der Waals surface area contributed by atoms with Gasteiger partial charge >= 0.3 is 6.18 Å². The van der Waals surface area contributed by atoms with Crippen LogP contribution in [0.15, 0.2) is 48.7 Å². The summed E-state index contributed by atoms with van der Waals surface area (Å²) in [7, 11) is 3.83. The molecule has 3 aromatic rings. The third-order valence-electron chi connectivity index (χ3n) is 5.43. The Morgan fingerprint density at radius 2 is 1.87 bits per heavy atom. The largest absolute Gasteiger partial charge is 0.433 e. The molecule has 1 aliphatic heterocycles. The molecule has 4 rings (SSSR count). The van der Waals surface area contributed by atoms with E-state index in [9.17, 15) is 13.2 Å². The molecule has 0 fully saturated rings. The first-order valence-electron chi connectivity index (χ1n) is 10.0. The Balaban J connectivity index is 1.66. The fraction of sp³-hybridized carbons (Fsp3) is 0.304. The number of hydrogen-bond acceptors (Lipinski definition) is 5. The number of fused-ring (bicyclic) bond motifs is 1. The highest BCUT2D eigenvalue weighted by atomic mass is 19.4. The van der Waals surface area contributed by atoms with Gasteiger partial charge in [-0.15, -0.1) is 0 Å². The van der Waals surface area contributed by atoms with Gasteiger partial charge in [0, 0.05) is 38.4 Å². The maximum atomic E-state index is 12.8. The van der Waals surface area contributed by atoms with Gasteiger partial charge in [0.2, 0.25) is 0 Å². The average molecular weight is 427 g/mol. The summed E-state index contributed by atoms with van der Waals surface area (Å²) < 4.78 is 38.4. The van der Waals surface area contributed by atoms with Crippen molar-refractivity contribution in [2.45, 2.75) is 26.1 Å². The van der Waals surface area contributed by atoms with Crippen LogP contribution in [-0.4, -0.2) is 30.6 Å². The normalized spacial score (nSPS) is 13.7. The first kappa shape index (κ1) is 21.0. The molecule has 162 valence electrons. The Labute approximate surface area is 179 Å². The number of aromatic nitrogens is 2. The van der Waals surface area contributed by atoms with Crippen LogP contribution in [0.25, 0.3) is 0 Å². The molecule has 0 amide bonds. The van der Waals surface area contributed by atoms with Gasteiger partial charge in [0.25, 0.3) is 0 Å². The van der Waals surface area contributed by atoms with Gasteiger partial charge in [-0.05, 0) is 48.7 Å². The number of hydrogen-bond donors (Lipinski definition) is 1. The number of alkyl halides is 3. The number of nitrogens with zero attached hydrogens (tertiary/aromatic N) is 4. The molecule has 1 aliphatic rings. The molecule has 0 aliphatic carbocycles. The zero-order chi connectivity index (χ0) is 22.2. The SMILES string of the molecule is Cc1ccccc1N1CCc2c(cc(N(C)C)nc2Nc2ccc(C(F)(F)F)nc2)C1. The molecule has 5 nitrogen and oxygen atoms in total. The lowest BCUT2D eigenvalue weighted by molar-refractivity contribution is -0.141. The van der Waals surface area contributed by atoms with Gasteiger partial charge in [0.1, 0.15) is 17.3 Å². The molecule has 3 heterocycles. The zero-order valence-electron chi connectivity index (χ0n) is 17.7. The van der Waals surface area contributed by atoms with Crippen molar-refractivity contribution in [1.82, 2.24) is 9.97 Å². The smallest absolute Gasteiger partial charge is 0.367 e. The van der Waals surface area contributed by atoms with E-state index in [2.05, 4.69) is 40.3 Å². The lowest BCUT2D eigenvalue weighted by Gasteiger charge is -2.33. The Kier molecular flexibility index (Phi) is 5.47. The molecule has 2 aromatic heterocycles. The molecule has 0 saturated carbocycles. The Morgan fingerprint density at radius 1 is 1.10 bits per heavy atom. The number of anilines is 4. The van der Waals surface area contributed by atoms with Crippen LogP contribution in [0.1, 0.15) is 22.4 Å². The summed E-state index contributed by atoms with van der Waals surface area (Å²) in [5.74, 6) is 1.44. The van der Waals surface area contributed by atoms with Crippen LogP contribution >= 0.6 is 0 Å². The molecule has 0 saturated heterocycles. The summed E-state index contributed by atoms with van der Waals surface area (Å²) in [6.07, 6.45) is -2.48. The van der Waals surface area contributed by atoms with E-state index < -0.39 is 11.9 Å². The van der Waals surface area contributed by atoms with E-state index >= 15 is 0 Å². The van der Waals surface area contributed by atoms with Gasteiger partial charge in [-0.25, -0.2) is 9.97 Å². The summed E-state index contributed by atoms with van der Waals surface area (Å²) in [6.45, 7) is 3.68. The third-order valence-corrected chi connectivity index (χ3v) is 5.43. The van der Waals surface area contributed by atoms with Gasteiger partial charge in [0.15, 0.2) is 0 Å². The predicted octanol–water partition coefficient (Wildman–Crippen LogP) is 5.18. The van der Waals surface area contributed by atoms with E-state index in [1.54, 1.807) is 0 Å². The van der Waals surface area contributed by atoms with E-state index in [0.29, 0.717) is 11.5 Å². The molecule has 31 heavy (non-hydrogen) atoms. The highest BCUT2D eigenvalue weighted by molar-refractivity contribution is 5.66. The number of benzene rings is 1. The minimum atomic E-state index is -4.46. The molecule has 1 aromatic carbocycles. The summed E-state index contributed by atoms with van der Waals surface area (Å²) >= 11 is 0. The second-order valence-corrected chi connectivity index (χ2v) is 7.87. The lowest BCUT2D eigenvalue weighted by Crippen LogP contribution is -2.32. The van der Waals surface area contributed by atoms with Crippen LogP contribution < -0.4 is 15.1 Å². The Hall–Kier alpha value is -3.29. The first-order chi connectivity index (χ1) is 14.7. The van der Waals surface area contributed by atoms with Gasteiger partial charge in [0.05, 0.1) is 11.9 Å². The lowest BCUT2D eigenvalue weighted by atomic mass is 9.99. The van der Waals surface area contributed by atoms with Crippen molar-refractivity contribution in [3.8, 4) is 0 Å². The number of pyridine rings is 2. The first-order valence-corrected chi connectivity index (χ1v) is 10.0. The zero-order valence-corrected chi connectivity index (χ0v) is 17.7. The van der Waals surface area contributed by atoms with E-state index in [0.717, 1.165) is 42.5 Å². The van der Waals surface area contributed by atoms with Crippen LogP contribution in [0.2, 0.25) is 0 Å². The number of aryl methyl sites for hydroxylation is 1. The summed E-state index contributed by atoms with van der Waals surface area (Å²) in [5, 5.41) is 3.19. The van der Waals surface area contributed by atoms with E-state index in [4.69, 9.17) is 4.98 Å². The fourth-order valence-corrected chi connectivity index (χ4v) is 3.79. The van der Waals surface area contributed by atoms with Crippen molar-refractivity contribution in [3.05, 3.63) is 71.0 Å². The molecule has 1 N–H and O–H groups in total. The number of rotatable bonds is 4. The van der Waals surface area contributed by atoms with Crippen LogP contribution in [-0.2, 0) is 19.1 Å². The number of halogens is 3. The van der Waals surface area contributed by atoms with Crippen molar-refractivity contribution >= 4 is 23.0 Å². The fourth-order valence-electron chi connectivity index (χ4n) is 3.79. The minimum absolute atomic E-state index is 0.472. The molecular formula is C23H24F3N5. The second kappa shape index (κ2) is 8.09. The highest BCUT2D eigenvalue weighted by Crippen LogP contribution is 2.34. The topological polar surface area (TPSA) is 44.3 Å². The number of nitrogens with one attached hydrogen (secondary N) is 1. The van der Waals surface area contributed by atoms with Gasteiger partial charge in [-0.1, -0.05) is 18.2 Å². The minimum Gasteiger partial charge on any atom is -0.367 e.